The van der Waals surface area contributed by atoms with Crippen LogP contribution in [0.25, 0.3) is 0 Å². The van der Waals surface area contributed by atoms with E-state index < -0.39 is 11.4 Å². The SMILES string of the molecule is C/C(=N\[S@@+]([O-])C(C)(C)C)c1ccc(CCC(C)(C)C)c(Cl)c1. The minimum absolute atomic E-state index is 0.295. The van der Waals surface area contributed by atoms with E-state index in [0.717, 1.165) is 34.7 Å². The van der Waals surface area contributed by atoms with Crippen molar-refractivity contribution in [3.63, 3.8) is 0 Å². The minimum Gasteiger partial charge on any atom is -0.591 e. The van der Waals surface area contributed by atoms with Crippen molar-refractivity contribution in [3.05, 3.63) is 34.3 Å². The monoisotopic (exact) mass is 341 g/mol. The molecule has 124 valence electrons. The smallest absolute Gasteiger partial charge is 0.144 e. The fraction of sp³-hybridized carbons (Fsp3) is 0.611. The lowest BCUT2D eigenvalue weighted by atomic mass is 9.88. The Morgan fingerprint density at radius 3 is 2.23 bits per heavy atom. The largest absolute Gasteiger partial charge is 0.591 e. The summed E-state index contributed by atoms with van der Waals surface area (Å²) in [5.41, 5.74) is 3.15. The van der Waals surface area contributed by atoms with E-state index in [9.17, 15) is 4.55 Å². The Labute approximate surface area is 143 Å². The van der Waals surface area contributed by atoms with E-state index in [1.54, 1.807) is 0 Å². The normalized spacial score (nSPS) is 15.0. The van der Waals surface area contributed by atoms with Gasteiger partial charge in [0.05, 0.1) is 5.71 Å². The van der Waals surface area contributed by atoms with Crippen LogP contribution in [-0.4, -0.2) is 15.0 Å². The van der Waals surface area contributed by atoms with Gasteiger partial charge in [0.25, 0.3) is 0 Å². The summed E-state index contributed by atoms with van der Waals surface area (Å²) < 4.78 is 16.1. The highest BCUT2D eigenvalue weighted by atomic mass is 35.5. The Morgan fingerprint density at radius 2 is 1.77 bits per heavy atom. The molecule has 1 aromatic carbocycles. The lowest BCUT2D eigenvalue weighted by molar-refractivity contribution is 0.378. The first-order chi connectivity index (χ1) is 9.90. The number of benzene rings is 1. The number of hydrogen-bond acceptors (Lipinski definition) is 2. The topological polar surface area (TPSA) is 35.4 Å². The second-order valence-corrected chi connectivity index (χ2v) is 10.2. The Morgan fingerprint density at radius 1 is 1.18 bits per heavy atom. The molecular weight excluding hydrogens is 314 g/mol. The number of nitrogens with zero attached hydrogens (tertiary/aromatic N) is 1. The molecule has 0 saturated heterocycles. The van der Waals surface area contributed by atoms with Crippen LogP contribution in [0.5, 0.6) is 0 Å². The number of rotatable bonds is 4. The van der Waals surface area contributed by atoms with Crippen molar-refractivity contribution >= 4 is 28.7 Å². The molecule has 0 bridgehead atoms. The Bertz CT molecular complexity index is 541. The third kappa shape index (κ3) is 6.31. The second kappa shape index (κ2) is 7.37. The molecule has 1 atom stereocenters. The van der Waals surface area contributed by atoms with E-state index in [0.29, 0.717) is 5.41 Å². The molecule has 1 rings (SSSR count). The van der Waals surface area contributed by atoms with Gasteiger partial charge in [-0.15, -0.1) is 0 Å². The van der Waals surface area contributed by atoms with Gasteiger partial charge in [0.15, 0.2) is 0 Å². The van der Waals surface area contributed by atoms with Crippen molar-refractivity contribution in [1.29, 1.82) is 0 Å². The molecule has 22 heavy (non-hydrogen) atoms. The van der Waals surface area contributed by atoms with Gasteiger partial charge in [-0.05, 0) is 57.6 Å². The molecule has 0 unspecified atom stereocenters. The molecule has 0 radical (unpaired) electrons. The van der Waals surface area contributed by atoms with Gasteiger partial charge in [-0.1, -0.05) is 48.9 Å². The van der Waals surface area contributed by atoms with Crippen molar-refractivity contribution in [2.24, 2.45) is 9.81 Å². The molecular formula is C18H28ClNOS. The number of halogens is 1. The maximum atomic E-state index is 12.1. The fourth-order valence-corrected chi connectivity index (χ4v) is 2.70. The van der Waals surface area contributed by atoms with Gasteiger partial charge < -0.3 is 4.55 Å². The van der Waals surface area contributed by atoms with Gasteiger partial charge in [-0.2, -0.15) is 0 Å². The Kier molecular flexibility index (Phi) is 6.55. The van der Waals surface area contributed by atoms with Crippen molar-refractivity contribution in [1.82, 2.24) is 0 Å². The van der Waals surface area contributed by atoms with Crippen molar-refractivity contribution in [2.45, 2.75) is 66.1 Å². The van der Waals surface area contributed by atoms with E-state index >= 15 is 0 Å². The molecule has 0 aliphatic heterocycles. The van der Waals surface area contributed by atoms with Crippen LogP contribution in [-0.2, 0) is 17.8 Å². The van der Waals surface area contributed by atoms with Gasteiger partial charge in [0, 0.05) is 10.6 Å². The predicted molar refractivity (Wildman–Crippen MR) is 99.3 cm³/mol. The summed E-state index contributed by atoms with van der Waals surface area (Å²) in [7, 11) is 0. The molecule has 0 saturated carbocycles. The highest BCUT2D eigenvalue weighted by Crippen LogP contribution is 2.26. The van der Waals surface area contributed by atoms with Gasteiger partial charge in [0.2, 0.25) is 0 Å². The van der Waals surface area contributed by atoms with Gasteiger partial charge in [0.1, 0.15) is 16.1 Å². The van der Waals surface area contributed by atoms with Gasteiger partial charge in [-0.25, -0.2) is 0 Å². The van der Waals surface area contributed by atoms with E-state index in [4.69, 9.17) is 11.6 Å². The number of hydrogen-bond donors (Lipinski definition) is 0. The molecule has 0 N–H and O–H groups in total. The highest BCUT2D eigenvalue weighted by molar-refractivity contribution is 7.91. The van der Waals surface area contributed by atoms with Crippen LogP contribution >= 0.6 is 11.6 Å². The van der Waals surface area contributed by atoms with Crippen molar-refractivity contribution in [2.75, 3.05) is 0 Å². The number of aryl methyl sites for hydroxylation is 1. The maximum absolute atomic E-state index is 12.1. The first-order valence-electron chi connectivity index (χ1n) is 7.66. The third-order valence-corrected chi connectivity index (χ3v) is 5.20. The first-order valence-corrected chi connectivity index (χ1v) is 9.15. The molecule has 0 aromatic heterocycles. The van der Waals surface area contributed by atoms with E-state index in [1.807, 2.05) is 39.8 Å². The third-order valence-electron chi connectivity index (χ3n) is 3.36. The minimum atomic E-state index is -1.25. The molecule has 2 nitrogen and oxygen atoms in total. The molecule has 0 fully saturated rings. The van der Waals surface area contributed by atoms with Gasteiger partial charge >= 0.3 is 0 Å². The lowest BCUT2D eigenvalue weighted by Gasteiger charge is -2.19. The average Bonchev–Trinajstić information content (AvgIpc) is 2.34. The van der Waals surface area contributed by atoms with E-state index in [1.165, 1.54) is 0 Å². The first kappa shape index (κ1) is 19.5. The summed E-state index contributed by atoms with van der Waals surface area (Å²) in [6, 6.07) is 6.00. The van der Waals surface area contributed by atoms with Crippen LogP contribution in [0.15, 0.2) is 22.6 Å². The van der Waals surface area contributed by atoms with Crippen LogP contribution in [0.3, 0.4) is 0 Å². The highest BCUT2D eigenvalue weighted by Gasteiger charge is 2.26. The van der Waals surface area contributed by atoms with Crippen molar-refractivity contribution < 1.29 is 4.55 Å². The Balaban J connectivity index is 2.91. The molecule has 0 aliphatic carbocycles. The fourth-order valence-electron chi connectivity index (χ4n) is 1.80. The van der Waals surface area contributed by atoms with E-state index in [-0.39, 0.29) is 4.75 Å². The van der Waals surface area contributed by atoms with Crippen LogP contribution in [0.1, 0.15) is 66.0 Å². The van der Waals surface area contributed by atoms with Gasteiger partial charge in [-0.3, -0.25) is 0 Å². The molecule has 0 heterocycles. The molecule has 0 aliphatic rings. The molecule has 0 spiro atoms. The summed E-state index contributed by atoms with van der Waals surface area (Å²) in [5, 5.41) is 0.762. The average molecular weight is 342 g/mol. The van der Waals surface area contributed by atoms with Crippen LogP contribution in [0.4, 0.5) is 0 Å². The summed E-state index contributed by atoms with van der Waals surface area (Å²) >= 11 is 5.15. The van der Waals surface area contributed by atoms with Crippen LogP contribution in [0, 0.1) is 5.41 Å². The Hall–Kier alpha value is -0.510. The van der Waals surface area contributed by atoms with Crippen LogP contribution < -0.4 is 0 Å². The maximum Gasteiger partial charge on any atom is 0.144 e. The zero-order valence-corrected chi connectivity index (χ0v) is 16.4. The molecule has 1 aromatic rings. The molecule has 4 heteroatoms. The molecule has 0 amide bonds. The van der Waals surface area contributed by atoms with E-state index in [2.05, 4.69) is 31.2 Å². The van der Waals surface area contributed by atoms with Crippen molar-refractivity contribution in [3.8, 4) is 0 Å². The zero-order chi connectivity index (χ0) is 17.1. The lowest BCUT2D eigenvalue weighted by Crippen LogP contribution is -2.26. The predicted octanol–water partition coefficient (Wildman–Crippen LogP) is 5.59. The standard InChI is InChI=1S/C18H28ClNOS/c1-13(20-22(21)18(5,6)7)15-9-8-14(16(19)12-15)10-11-17(2,3)4/h8-9,12H,10-11H2,1-7H3/b20-13+/t22-/m0/s1. The summed E-state index contributed by atoms with van der Waals surface area (Å²) in [4.78, 5) is 0. The summed E-state index contributed by atoms with van der Waals surface area (Å²) in [6.07, 6.45) is 2.06. The zero-order valence-electron chi connectivity index (χ0n) is 14.8. The summed E-state index contributed by atoms with van der Waals surface area (Å²) in [5.74, 6) is 0. The second-order valence-electron chi connectivity index (χ2n) is 7.91. The quantitative estimate of drug-likeness (QED) is 0.519. The summed E-state index contributed by atoms with van der Waals surface area (Å²) in [6.45, 7) is 14.3. The van der Waals surface area contributed by atoms with Crippen LogP contribution in [0.2, 0.25) is 5.02 Å².